The number of aldehydes is 1. The third-order valence-electron chi connectivity index (χ3n) is 1.11. The van der Waals surface area contributed by atoms with E-state index in [4.69, 9.17) is 5.11 Å². The molecule has 1 amide bonds. The fourth-order valence-electron chi connectivity index (χ4n) is 0.265. The van der Waals surface area contributed by atoms with Gasteiger partial charge in [0.25, 0.3) is 0 Å². The Bertz CT molecular complexity index is 123. The molecule has 0 aliphatic heterocycles. The molecule has 0 radical (unpaired) electrons. The molecule has 4 heteroatoms. The predicted octanol–water partition coefficient (Wildman–Crippen LogP) is 0.184. The van der Waals surface area contributed by atoms with Crippen LogP contribution in [0.5, 0.6) is 0 Å². The fraction of sp³-hybridized carbons (Fsp3) is 0.600. The first-order chi connectivity index (χ1) is 4.09. The molecule has 0 aromatic rings. The molecule has 0 bridgehead atoms. The molecule has 0 heterocycles. The first-order valence-corrected chi connectivity index (χ1v) is 2.50. The minimum absolute atomic E-state index is 0.553. The smallest absolute Gasteiger partial charge is 0.407 e. The zero-order chi connectivity index (χ0) is 7.44. The number of rotatable bonds is 2. The number of carboxylic acid groups (broad SMARTS) is 1. The number of carbonyl (C=O) groups is 2. The van der Waals surface area contributed by atoms with E-state index in [1.807, 2.05) is 0 Å². The van der Waals surface area contributed by atoms with E-state index in [9.17, 15) is 9.59 Å². The Morgan fingerprint density at radius 1 is 1.78 bits per heavy atom. The van der Waals surface area contributed by atoms with Crippen molar-refractivity contribution in [3.05, 3.63) is 0 Å². The minimum atomic E-state index is -1.09. The van der Waals surface area contributed by atoms with Crippen molar-refractivity contribution in [1.82, 2.24) is 4.90 Å². The highest BCUT2D eigenvalue weighted by Gasteiger charge is 2.11. The average molecular weight is 131 g/mol. The van der Waals surface area contributed by atoms with Crippen LogP contribution in [-0.4, -0.2) is 35.5 Å². The van der Waals surface area contributed by atoms with Gasteiger partial charge in [-0.3, -0.25) is 0 Å². The lowest BCUT2D eigenvalue weighted by atomic mass is 10.3. The third kappa shape index (κ3) is 2.12. The molecule has 0 fully saturated rings. The second-order valence-corrected chi connectivity index (χ2v) is 1.77. The van der Waals surface area contributed by atoms with Crippen LogP contribution in [0.3, 0.4) is 0 Å². The Labute approximate surface area is 53.1 Å². The van der Waals surface area contributed by atoms with E-state index in [1.54, 1.807) is 0 Å². The zero-order valence-corrected chi connectivity index (χ0v) is 5.37. The summed E-state index contributed by atoms with van der Waals surface area (Å²) in [5.74, 6) is 0. The summed E-state index contributed by atoms with van der Waals surface area (Å²) >= 11 is 0. The first-order valence-electron chi connectivity index (χ1n) is 2.50. The highest BCUT2D eigenvalue weighted by atomic mass is 16.4. The first kappa shape index (κ1) is 7.94. The van der Waals surface area contributed by atoms with E-state index in [-0.39, 0.29) is 0 Å². The third-order valence-corrected chi connectivity index (χ3v) is 1.11. The van der Waals surface area contributed by atoms with E-state index in [1.165, 1.54) is 14.0 Å². The lowest BCUT2D eigenvalue weighted by Crippen LogP contribution is -2.34. The largest absolute Gasteiger partial charge is 0.465 e. The summed E-state index contributed by atoms with van der Waals surface area (Å²) in [6, 6.07) is -0.553. The van der Waals surface area contributed by atoms with Crippen LogP contribution in [0, 0.1) is 0 Å². The normalized spacial score (nSPS) is 12.2. The summed E-state index contributed by atoms with van der Waals surface area (Å²) in [4.78, 5) is 20.9. The molecule has 9 heavy (non-hydrogen) atoms. The fourth-order valence-corrected chi connectivity index (χ4v) is 0.265. The minimum Gasteiger partial charge on any atom is -0.465 e. The van der Waals surface area contributed by atoms with Crippen molar-refractivity contribution >= 4 is 12.4 Å². The van der Waals surface area contributed by atoms with Crippen LogP contribution in [0.2, 0.25) is 0 Å². The van der Waals surface area contributed by atoms with E-state index >= 15 is 0 Å². The topological polar surface area (TPSA) is 57.6 Å². The molecule has 4 nitrogen and oxygen atoms in total. The van der Waals surface area contributed by atoms with Gasteiger partial charge in [0.05, 0.1) is 6.04 Å². The van der Waals surface area contributed by atoms with Gasteiger partial charge >= 0.3 is 6.09 Å². The second kappa shape index (κ2) is 3.06. The van der Waals surface area contributed by atoms with Crippen LogP contribution in [0.15, 0.2) is 0 Å². The molecule has 0 aliphatic rings. The van der Waals surface area contributed by atoms with E-state index in [2.05, 4.69) is 0 Å². The van der Waals surface area contributed by atoms with Crippen molar-refractivity contribution in [2.24, 2.45) is 0 Å². The molecule has 1 atom stereocenters. The van der Waals surface area contributed by atoms with Crippen LogP contribution >= 0.6 is 0 Å². The van der Waals surface area contributed by atoms with Gasteiger partial charge in [-0.05, 0) is 6.92 Å². The number of hydrogen-bond donors (Lipinski definition) is 1. The second-order valence-electron chi connectivity index (χ2n) is 1.77. The van der Waals surface area contributed by atoms with Gasteiger partial charge < -0.3 is 14.8 Å². The Morgan fingerprint density at radius 2 is 2.22 bits per heavy atom. The van der Waals surface area contributed by atoms with Crippen LogP contribution in [0.1, 0.15) is 6.92 Å². The van der Waals surface area contributed by atoms with Gasteiger partial charge in [0, 0.05) is 7.05 Å². The van der Waals surface area contributed by atoms with Gasteiger partial charge in [0.1, 0.15) is 6.29 Å². The number of carbonyl (C=O) groups excluding carboxylic acids is 1. The van der Waals surface area contributed by atoms with Gasteiger partial charge in [0.2, 0.25) is 0 Å². The van der Waals surface area contributed by atoms with Crippen LogP contribution in [-0.2, 0) is 4.79 Å². The summed E-state index contributed by atoms with van der Waals surface area (Å²) in [6.45, 7) is 1.52. The maximum atomic E-state index is 10.1. The quantitative estimate of drug-likeness (QED) is 0.544. The van der Waals surface area contributed by atoms with E-state index < -0.39 is 12.1 Å². The summed E-state index contributed by atoms with van der Waals surface area (Å²) in [5.41, 5.74) is 0. The SMILES string of the molecule is C[C@@H](C=O)N(C)C(=O)O. The molecular weight excluding hydrogens is 122 g/mol. The molecule has 0 aliphatic carbocycles. The lowest BCUT2D eigenvalue weighted by Gasteiger charge is -2.14. The summed E-state index contributed by atoms with van der Waals surface area (Å²) in [6.07, 6.45) is -0.511. The van der Waals surface area contributed by atoms with Gasteiger partial charge in [-0.25, -0.2) is 4.79 Å². The summed E-state index contributed by atoms with van der Waals surface area (Å²) in [7, 11) is 1.35. The molecule has 0 saturated carbocycles. The van der Waals surface area contributed by atoms with Crippen molar-refractivity contribution < 1.29 is 14.7 Å². The van der Waals surface area contributed by atoms with Crippen molar-refractivity contribution in [2.75, 3.05) is 7.05 Å². The maximum absolute atomic E-state index is 10.1. The number of hydrogen-bond acceptors (Lipinski definition) is 2. The monoisotopic (exact) mass is 131 g/mol. The lowest BCUT2D eigenvalue weighted by molar-refractivity contribution is -0.111. The van der Waals surface area contributed by atoms with Crippen molar-refractivity contribution in [1.29, 1.82) is 0 Å². The van der Waals surface area contributed by atoms with Crippen LogP contribution in [0.4, 0.5) is 4.79 Å². The Hall–Kier alpha value is -1.06. The molecular formula is C5H9NO3. The number of likely N-dealkylation sites (N-methyl/N-ethyl adjacent to an activating group) is 1. The molecule has 0 saturated heterocycles. The van der Waals surface area contributed by atoms with Gasteiger partial charge in [-0.2, -0.15) is 0 Å². The standard InChI is InChI=1S/C5H9NO3/c1-4(3-7)6(2)5(8)9/h3-4H,1-2H3,(H,8,9)/t4-/m0/s1. The van der Waals surface area contributed by atoms with Crippen LogP contribution < -0.4 is 0 Å². The molecule has 0 aromatic carbocycles. The van der Waals surface area contributed by atoms with Gasteiger partial charge in [-0.15, -0.1) is 0 Å². The van der Waals surface area contributed by atoms with E-state index in [0.29, 0.717) is 6.29 Å². The number of nitrogens with zero attached hydrogens (tertiary/aromatic N) is 1. The zero-order valence-electron chi connectivity index (χ0n) is 5.37. The molecule has 0 spiro atoms. The van der Waals surface area contributed by atoms with Crippen molar-refractivity contribution in [2.45, 2.75) is 13.0 Å². The van der Waals surface area contributed by atoms with Crippen LogP contribution in [0.25, 0.3) is 0 Å². The average Bonchev–Trinajstić information content (AvgIpc) is 1.84. The Balaban J connectivity index is 3.86. The Morgan fingerprint density at radius 3 is 2.33 bits per heavy atom. The highest BCUT2D eigenvalue weighted by molar-refractivity contribution is 5.70. The summed E-state index contributed by atoms with van der Waals surface area (Å²) < 4.78 is 0. The molecule has 0 rings (SSSR count). The van der Waals surface area contributed by atoms with Gasteiger partial charge in [-0.1, -0.05) is 0 Å². The molecule has 1 N–H and O–H groups in total. The summed E-state index contributed by atoms with van der Waals surface area (Å²) in [5, 5.41) is 8.25. The van der Waals surface area contributed by atoms with Crippen molar-refractivity contribution in [3.63, 3.8) is 0 Å². The Kier molecular flexibility index (Phi) is 2.70. The van der Waals surface area contributed by atoms with Crippen molar-refractivity contribution in [3.8, 4) is 0 Å². The predicted molar refractivity (Wildman–Crippen MR) is 31.3 cm³/mol. The number of amides is 1. The van der Waals surface area contributed by atoms with Gasteiger partial charge in [0.15, 0.2) is 0 Å². The molecule has 0 aromatic heterocycles. The molecule has 52 valence electrons. The maximum Gasteiger partial charge on any atom is 0.407 e. The van der Waals surface area contributed by atoms with E-state index in [0.717, 1.165) is 4.90 Å². The highest BCUT2D eigenvalue weighted by Crippen LogP contribution is 1.90. The molecule has 0 unspecified atom stereocenters.